The summed E-state index contributed by atoms with van der Waals surface area (Å²) in [5, 5.41) is 10.4. The van der Waals surface area contributed by atoms with Gasteiger partial charge in [-0.2, -0.15) is 4.31 Å². The van der Waals surface area contributed by atoms with Crippen molar-refractivity contribution in [2.24, 2.45) is 0 Å². The van der Waals surface area contributed by atoms with Crippen LogP contribution < -0.4 is 0 Å². The van der Waals surface area contributed by atoms with E-state index in [9.17, 15) is 8.42 Å². The Hall–Kier alpha value is -1.17. The van der Waals surface area contributed by atoms with Crippen molar-refractivity contribution in [2.45, 2.75) is 18.9 Å². The summed E-state index contributed by atoms with van der Waals surface area (Å²) in [5.41, 5.74) is 0.848. The lowest BCUT2D eigenvalue weighted by Crippen LogP contribution is -2.36. The predicted molar refractivity (Wildman–Crippen MR) is 71.2 cm³/mol. The molecule has 0 saturated carbocycles. The van der Waals surface area contributed by atoms with E-state index in [0.717, 1.165) is 18.4 Å². The van der Waals surface area contributed by atoms with Gasteiger partial charge in [-0.05, 0) is 24.5 Å². The second-order valence-corrected chi connectivity index (χ2v) is 6.12. The molecule has 1 atom stereocenters. The van der Waals surface area contributed by atoms with Gasteiger partial charge in [-0.3, -0.25) is 0 Å². The molecule has 1 heterocycles. The van der Waals surface area contributed by atoms with E-state index in [1.807, 2.05) is 30.3 Å². The first-order chi connectivity index (χ1) is 8.63. The van der Waals surface area contributed by atoms with Gasteiger partial charge < -0.3 is 5.11 Å². The smallest absolute Gasteiger partial charge is 0.236 e. The van der Waals surface area contributed by atoms with Gasteiger partial charge >= 0.3 is 0 Å². The van der Waals surface area contributed by atoms with Gasteiger partial charge in [0.1, 0.15) is 0 Å². The number of aliphatic hydroxyl groups is 1. The van der Waals surface area contributed by atoms with Crippen LogP contribution in [0, 0.1) is 0 Å². The van der Waals surface area contributed by atoms with E-state index in [1.54, 1.807) is 6.08 Å². The van der Waals surface area contributed by atoms with Gasteiger partial charge in [0.05, 0.1) is 6.61 Å². The highest BCUT2D eigenvalue weighted by atomic mass is 32.2. The maximum atomic E-state index is 12.1. The zero-order valence-electron chi connectivity index (χ0n) is 10.1. The van der Waals surface area contributed by atoms with Crippen molar-refractivity contribution in [1.82, 2.24) is 4.31 Å². The first kappa shape index (κ1) is 13.3. The summed E-state index contributed by atoms with van der Waals surface area (Å²) in [7, 11) is -3.43. The van der Waals surface area contributed by atoms with Crippen molar-refractivity contribution in [2.75, 3.05) is 13.2 Å². The monoisotopic (exact) mass is 267 g/mol. The lowest BCUT2D eigenvalue weighted by atomic mass is 10.2. The van der Waals surface area contributed by atoms with Gasteiger partial charge in [0.15, 0.2) is 0 Å². The van der Waals surface area contributed by atoms with Crippen LogP contribution in [0.1, 0.15) is 18.4 Å². The Bertz CT molecular complexity index is 510. The number of hydrogen-bond donors (Lipinski definition) is 1. The molecule has 1 aromatic rings. The molecule has 1 fully saturated rings. The molecule has 5 heteroatoms. The topological polar surface area (TPSA) is 57.6 Å². The fraction of sp³-hybridized carbons (Fsp3) is 0.385. The molecule has 0 amide bonds. The van der Waals surface area contributed by atoms with E-state index in [1.165, 1.54) is 9.71 Å². The van der Waals surface area contributed by atoms with E-state index in [0.29, 0.717) is 6.54 Å². The summed E-state index contributed by atoms with van der Waals surface area (Å²) >= 11 is 0. The molecular weight excluding hydrogens is 250 g/mol. The number of benzene rings is 1. The minimum Gasteiger partial charge on any atom is -0.395 e. The minimum atomic E-state index is -3.43. The summed E-state index contributed by atoms with van der Waals surface area (Å²) < 4.78 is 25.6. The minimum absolute atomic E-state index is 0.113. The fourth-order valence-corrected chi connectivity index (χ4v) is 3.59. The third-order valence-corrected chi connectivity index (χ3v) is 4.71. The number of aliphatic hydroxyl groups excluding tert-OH is 1. The highest BCUT2D eigenvalue weighted by molar-refractivity contribution is 7.92. The lowest BCUT2D eigenvalue weighted by molar-refractivity contribution is 0.214. The molecule has 0 bridgehead atoms. The third kappa shape index (κ3) is 2.98. The van der Waals surface area contributed by atoms with Crippen LogP contribution in [0.4, 0.5) is 0 Å². The maximum absolute atomic E-state index is 12.1. The van der Waals surface area contributed by atoms with Crippen molar-refractivity contribution in [3.63, 3.8) is 0 Å². The molecule has 2 rings (SSSR count). The highest BCUT2D eigenvalue weighted by Gasteiger charge is 2.31. The van der Waals surface area contributed by atoms with E-state index in [-0.39, 0.29) is 12.6 Å². The summed E-state index contributed by atoms with van der Waals surface area (Å²) in [5.74, 6) is 0. The van der Waals surface area contributed by atoms with E-state index < -0.39 is 10.0 Å². The predicted octanol–water partition coefficient (Wildman–Crippen LogP) is 1.44. The van der Waals surface area contributed by atoms with Gasteiger partial charge in [-0.1, -0.05) is 30.3 Å². The second-order valence-electron chi connectivity index (χ2n) is 4.35. The van der Waals surface area contributed by atoms with Crippen LogP contribution in [0.15, 0.2) is 35.7 Å². The summed E-state index contributed by atoms with van der Waals surface area (Å²) in [6, 6.07) is 9.03. The number of rotatable bonds is 4. The largest absolute Gasteiger partial charge is 0.395 e. The van der Waals surface area contributed by atoms with Crippen LogP contribution in [-0.4, -0.2) is 37.0 Å². The van der Waals surface area contributed by atoms with Crippen LogP contribution in [0.3, 0.4) is 0 Å². The van der Waals surface area contributed by atoms with Crippen molar-refractivity contribution >= 4 is 16.1 Å². The molecule has 1 N–H and O–H groups in total. The Kier molecular flexibility index (Phi) is 4.16. The molecule has 0 spiro atoms. The summed E-state index contributed by atoms with van der Waals surface area (Å²) in [4.78, 5) is 0. The average Bonchev–Trinajstić information content (AvgIpc) is 2.87. The Morgan fingerprint density at radius 1 is 1.33 bits per heavy atom. The molecule has 18 heavy (non-hydrogen) atoms. The second kappa shape index (κ2) is 5.65. The first-order valence-electron chi connectivity index (χ1n) is 5.99. The van der Waals surface area contributed by atoms with Gasteiger partial charge in [-0.15, -0.1) is 0 Å². The zero-order valence-corrected chi connectivity index (χ0v) is 10.9. The van der Waals surface area contributed by atoms with Gasteiger partial charge in [0, 0.05) is 18.0 Å². The van der Waals surface area contributed by atoms with Gasteiger partial charge in [-0.25, -0.2) is 8.42 Å². The standard InChI is InChI=1S/C13H17NO3S/c15-11-13-7-4-9-14(13)18(16,17)10-8-12-5-2-1-3-6-12/h1-3,5-6,8,10,13,15H,4,7,9,11H2/t13-/m1/s1. The molecule has 0 aliphatic carbocycles. The molecule has 1 saturated heterocycles. The van der Waals surface area contributed by atoms with E-state index >= 15 is 0 Å². The zero-order chi connectivity index (χ0) is 13.0. The SMILES string of the molecule is O=S(=O)(C=Cc1ccccc1)N1CCC[C@@H]1CO. The molecule has 1 aliphatic rings. The van der Waals surface area contributed by atoms with Crippen molar-refractivity contribution in [3.8, 4) is 0 Å². The number of hydrogen-bond acceptors (Lipinski definition) is 3. The lowest BCUT2D eigenvalue weighted by Gasteiger charge is -2.20. The quantitative estimate of drug-likeness (QED) is 0.898. The molecule has 98 valence electrons. The fourth-order valence-electron chi connectivity index (χ4n) is 2.13. The molecule has 1 aliphatic heterocycles. The molecule has 0 radical (unpaired) electrons. The normalized spacial score (nSPS) is 21.7. The highest BCUT2D eigenvalue weighted by Crippen LogP contribution is 2.21. The van der Waals surface area contributed by atoms with Crippen molar-refractivity contribution in [3.05, 3.63) is 41.3 Å². The number of sulfonamides is 1. The van der Waals surface area contributed by atoms with Crippen molar-refractivity contribution < 1.29 is 13.5 Å². The molecule has 1 aromatic carbocycles. The Morgan fingerprint density at radius 3 is 2.72 bits per heavy atom. The Labute approximate surface area is 108 Å². The molecule has 0 aromatic heterocycles. The van der Waals surface area contributed by atoms with E-state index in [4.69, 9.17) is 5.11 Å². The van der Waals surface area contributed by atoms with Gasteiger partial charge in [0.25, 0.3) is 0 Å². The molecular formula is C13H17NO3S. The number of nitrogens with zero attached hydrogens (tertiary/aromatic N) is 1. The van der Waals surface area contributed by atoms with Crippen LogP contribution in [0.25, 0.3) is 6.08 Å². The average molecular weight is 267 g/mol. The Balaban J connectivity index is 2.15. The maximum Gasteiger partial charge on any atom is 0.236 e. The van der Waals surface area contributed by atoms with Crippen LogP contribution >= 0.6 is 0 Å². The van der Waals surface area contributed by atoms with Gasteiger partial charge in [0.2, 0.25) is 10.0 Å². The third-order valence-electron chi connectivity index (χ3n) is 3.09. The summed E-state index contributed by atoms with van der Waals surface area (Å²) in [6.07, 6.45) is 3.13. The first-order valence-corrected chi connectivity index (χ1v) is 7.49. The molecule has 0 unspecified atom stereocenters. The van der Waals surface area contributed by atoms with Crippen LogP contribution in [-0.2, 0) is 10.0 Å². The summed E-state index contributed by atoms with van der Waals surface area (Å²) in [6.45, 7) is 0.380. The molecule has 4 nitrogen and oxygen atoms in total. The van der Waals surface area contributed by atoms with Crippen LogP contribution in [0.5, 0.6) is 0 Å². The van der Waals surface area contributed by atoms with E-state index in [2.05, 4.69) is 0 Å². The Morgan fingerprint density at radius 2 is 2.06 bits per heavy atom. The van der Waals surface area contributed by atoms with Crippen LogP contribution in [0.2, 0.25) is 0 Å². The van der Waals surface area contributed by atoms with Crippen molar-refractivity contribution in [1.29, 1.82) is 0 Å².